The average Bonchev–Trinajstić information content (AvgIpc) is 2.55. The Morgan fingerprint density at radius 1 is 1.12 bits per heavy atom. The SMILES string of the molecule is Cc1ccc(C)c([C@@H](C)NC(=O)CNC(=O)c2ccccc2F)c1. The zero-order valence-corrected chi connectivity index (χ0v) is 14.0. The highest BCUT2D eigenvalue weighted by molar-refractivity contribution is 5.96. The minimum Gasteiger partial charge on any atom is -0.348 e. The fourth-order valence-corrected chi connectivity index (χ4v) is 2.50. The first-order chi connectivity index (χ1) is 11.4. The Balaban J connectivity index is 1.92. The van der Waals surface area contributed by atoms with E-state index in [9.17, 15) is 14.0 Å². The van der Waals surface area contributed by atoms with E-state index in [2.05, 4.69) is 10.6 Å². The molecular weight excluding hydrogens is 307 g/mol. The summed E-state index contributed by atoms with van der Waals surface area (Å²) in [5, 5.41) is 5.27. The van der Waals surface area contributed by atoms with E-state index in [1.165, 1.54) is 18.2 Å². The molecule has 24 heavy (non-hydrogen) atoms. The van der Waals surface area contributed by atoms with Gasteiger partial charge in [0.05, 0.1) is 18.2 Å². The summed E-state index contributed by atoms with van der Waals surface area (Å²) in [5.41, 5.74) is 3.16. The molecule has 2 aromatic carbocycles. The second kappa shape index (κ2) is 7.73. The molecule has 0 saturated carbocycles. The molecule has 0 spiro atoms. The number of benzene rings is 2. The molecule has 0 aliphatic rings. The van der Waals surface area contributed by atoms with Crippen LogP contribution in [-0.4, -0.2) is 18.4 Å². The van der Waals surface area contributed by atoms with Gasteiger partial charge in [0.15, 0.2) is 0 Å². The number of halogens is 1. The second-order valence-corrected chi connectivity index (χ2v) is 5.81. The van der Waals surface area contributed by atoms with Gasteiger partial charge in [-0.3, -0.25) is 9.59 Å². The summed E-state index contributed by atoms with van der Waals surface area (Å²) in [6.45, 7) is 5.66. The number of hydrogen-bond acceptors (Lipinski definition) is 2. The van der Waals surface area contributed by atoms with E-state index in [0.717, 1.165) is 16.7 Å². The maximum atomic E-state index is 13.5. The van der Waals surface area contributed by atoms with Crippen molar-refractivity contribution in [1.82, 2.24) is 10.6 Å². The van der Waals surface area contributed by atoms with Gasteiger partial charge in [-0.05, 0) is 44.0 Å². The highest BCUT2D eigenvalue weighted by Crippen LogP contribution is 2.18. The van der Waals surface area contributed by atoms with Gasteiger partial charge >= 0.3 is 0 Å². The molecule has 0 aliphatic carbocycles. The van der Waals surface area contributed by atoms with Crippen molar-refractivity contribution in [3.63, 3.8) is 0 Å². The Bertz CT molecular complexity index is 759. The molecule has 1 atom stereocenters. The van der Waals surface area contributed by atoms with Gasteiger partial charge < -0.3 is 10.6 Å². The number of rotatable bonds is 5. The van der Waals surface area contributed by atoms with Crippen LogP contribution < -0.4 is 10.6 Å². The lowest BCUT2D eigenvalue weighted by Crippen LogP contribution is -2.38. The van der Waals surface area contributed by atoms with Crippen LogP contribution in [0.2, 0.25) is 0 Å². The first-order valence-electron chi connectivity index (χ1n) is 7.77. The zero-order valence-electron chi connectivity index (χ0n) is 14.0. The van der Waals surface area contributed by atoms with Gasteiger partial charge in [-0.2, -0.15) is 0 Å². The standard InChI is InChI=1S/C19H21FN2O2/c1-12-8-9-13(2)16(10-12)14(3)22-18(23)11-21-19(24)15-6-4-5-7-17(15)20/h4-10,14H,11H2,1-3H3,(H,21,24)(H,22,23)/t14-/m1/s1. The van der Waals surface area contributed by atoms with Crippen molar-refractivity contribution in [2.75, 3.05) is 6.54 Å². The van der Waals surface area contributed by atoms with Crippen molar-refractivity contribution < 1.29 is 14.0 Å². The predicted octanol–water partition coefficient (Wildman–Crippen LogP) is 3.05. The molecule has 0 heterocycles. The van der Waals surface area contributed by atoms with Crippen molar-refractivity contribution >= 4 is 11.8 Å². The fraction of sp³-hybridized carbons (Fsp3) is 0.263. The molecule has 4 nitrogen and oxygen atoms in total. The minimum atomic E-state index is -0.612. The van der Waals surface area contributed by atoms with Crippen molar-refractivity contribution in [2.45, 2.75) is 26.8 Å². The van der Waals surface area contributed by atoms with E-state index in [4.69, 9.17) is 0 Å². The van der Waals surface area contributed by atoms with Crippen molar-refractivity contribution in [3.05, 3.63) is 70.5 Å². The van der Waals surface area contributed by atoms with E-state index < -0.39 is 11.7 Å². The zero-order chi connectivity index (χ0) is 17.7. The van der Waals surface area contributed by atoms with Crippen LogP contribution in [0.1, 0.15) is 40.0 Å². The predicted molar refractivity (Wildman–Crippen MR) is 91.2 cm³/mol. The van der Waals surface area contributed by atoms with E-state index in [-0.39, 0.29) is 24.1 Å². The normalized spacial score (nSPS) is 11.7. The largest absolute Gasteiger partial charge is 0.348 e. The Kier molecular flexibility index (Phi) is 5.68. The highest BCUT2D eigenvalue weighted by atomic mass is 19.1. The maximum absolute atomic E-state index is 13.5. The molecule has 5 heteroatoms. The van der Waals surface area contributed by atoms with Gasteiger partial charge in [0.25, 0.3) is 5.91 Å². The molecule has 0 saturated heterocycles. The lowest BCUT2D eigenvalue weighted by Gasteiger charge is -2.17. The van der Waals surface area contributed by atoms with Crippen LogP contribution >= 0.6 is 0 Å². The Labute approximate surface area is 141 Å². The minimum absolute atomic E-state index is 0.0760. The number of carbonyl (C=O) groups is 2. The van der Waals surface area contributed by atoms with E-state index in [1.807, 2.05) is 39.0 Å². The van der Waals surface area contributed by atoms with Crippen LogP contribution in [0.4, 0.5) is 4.39 Å². The highest BCUT2D eigenvalue weighted by Gasteiger charge is 2.15. The molecule has 2 N–H and O–H groups in total. The first kappa shape index (κ1) is 17.7. The number of amides is 2. The van der Waals surface area contributed by atoms with Gasteiger partial charge in [0.2, 0.25) is 5.91 Å². The van der Waals surface area contributed by atoms with E-state index >= 15 is 0 Å². The average molecular weight is 328 g/mol. The summed E-state index contributed by atoms with van der Waals surface area (Å²) >= 11 is 0. The first-order valence-corrected chi connectivity index (χ1v) is 7.77. The quantitative estimate of drug-likeness (QED) is 0.886. The van der Waals surface area contributed by atoms with Crippen LogP contribution in [-0.2, 0) is 4.79 Å². The molecule has 126 valence electrons. The van der Waals surface area contributed by atoms with E-state index in [0.29, 0.717) is 0 Å². The lowest BCUT2D eigenvalue weighted by atomic mass is 10.00. The van der Waals surface area contributed by atoms with Gasteiger partial charge in [0, 0.05) is 0 Å². The Hall–Kier alpha value is -2.69. The molecule has 0 fully saturated rings. The molecule has 0 aromatic heterocycles. The van der Waals surface area contributed by atoms with Gasteiger partial charge in [0.1, 0.15) is 5.82 Å². The smallest absolute Gasteiger partial charge is 0.254 e. The number of hydrogen-bond donors (Lipinski definition) is 2. The molecule has 2 rings (SSSR count). The van der Waals surface area contributed by atoms with Crippen molar-refractivity contribution in [1.29, 1.82) is 0 Å². The summed E-state index contributed by atoms with van der Waals surface area (Å²) < 4.78 is 13.5. The second-order valence-electron chi connectivity index (χ2n) is 5.81. The van der Waals surface area contributed by atoms with Gasteiger partial charge in [-0.25, -0.2) is 4.39 Å². The van der Waals surface area contributed by atoms with Crippen LogP contribution in [0.15, 0.2) is 42.5 Å². The molecule has 0 radical (unpaired) electrons. The third-order valence-corrected chi connectivity index (χ3v) is 3.81. The van der Waals surface area contributed by atoms with Gasteiger partial charge in [-0.15, -0.1) is 0 Å². The van der Waals surface area contributed by atoms with Crippen LogP contribution in [0.5, 0.6) is 0 Å². The summed E-state index contributed by atoms with van der Waals surface area (Å²) in [7, 11) is 0. The Morgan fingerprint density at radius 2 is 1.83 bits per heavy atom. The number of carbonyl (C=O) groups excluding carboxylic acids is 2. The van der Waals surface area contributed by atoms with Crippen LogP contribution in [0, 0.1) is 19.7 Å². The van der Waals surface area contributed by atoms with E-state index in [1.54, 1.807) is 6.07 Å². The van der Waals surface area contributed by atoms with Crippen LogP contribution in [0.25, 0.3) is 0 Å². The molecule has 2 aromatic rings. The summed E-state index contributed by atoms with van der Waals surface area (Å²) in [5.74, 6) is -1.55. The molecule has 0 unspecified atom stereocenters. The van der Waals surface area contributed by atoms with Crippen molar-refractivity contribution in [2.24, 2.45) is 0 Å². The molecule has 2 amide bonds. The monoisotopic (exact) mass is 328 g/mol. The summed E-state index contributed by atoms with van der Waals surface area (Å²) in [6, 6.07) is 11.5. The molecular formula is C19H21FN2O2. The molecule has 0 aliphatic heterocycles. The number of nitrogens with one attached hydrogen (secondary N) is 2. The Morgan fingerprint density at radius 3 is 2.54 bits per heavy atom. The fourth-order valence-electron chi connectivity index (χ4n) is 2.50. The third kappa shape index (κ3) is 4.41. The topological polar surface area (TPSA) is 58.2 Å². The number of aryl methyl sites for hydroxylation is 2. The van der Waals surface area contributed by atoms with Crippen LogP contribution in [0.3, 0.4) is 0 Å². The molecule has 0 bridgehead atoms. The summed E-state index contributed by atoms with van der Waals surface area (Å²) in [4.78, 5) is 23.9. The third-order valence-electron chi connectivity index (χ3n) is 3.81. The maximum Gasteiger partial charge on any atom is 0.254 e. The van der Waals surface area contributed by atoms with Gasteiger partial charge in [-0.1, -0.05) is 35.9 Å². The summed E-state index contributed by atoms with van der Waals surface area (Å²) in [6.07, 6.45) is 0. The van der Waals surface area contributed by atoms with Crippen molar-refractivity contribution in [3.8, 4) is 0 Å². The lowest BCUT2D eigenvalue weighted by molar-refractivity contribution is -0.120.